The molecule has 1 aromatic rings. The van der Waals surface area contributed by atoms with E-state index in [1.807, 2.05) is 30.3 Å². The maximum atomic E-state index is 10.5. The number of piperazine rings is 1. The summed E-state index contributed by atoms with van der Waals surface area (Å²) in [5.74, 6) is 0. The normalized spacial score (nSPS) is 24.6. The fourth-order valence-corrected chi connectivity index (χ4v) is 3.86. The lowest BCUT2D eigenvalue weighted by Crippen LogP contribution is -2.62. The number of rotatable bonds is 3. The Labute approximate surface area is 122 Å². The second-order valence-electron chi connectivity index (χ2n) is 6.33. The van der Waals surface area contributed by atoms with Crippen molar-refractivity contribution in [2.24, 2.45) is 0 Å². The monoisotopic (exact) mass is 274 g/mol. The molecule has 2 aliphatic rings. The number of nitrogens with zero attached hydrogens (tertiary/aromatic N) is 1. The highest BCUT2D eigenvalue weighted by Gasteiger charge is 2.40. The van der Waals surface area contributed by atoms with E-state index in [1.54, 1.807) is 0 Å². The number of aliphatic hydroxyl groups is 1. The molecule has 1 heterocycles. The van der Waals surface area contributed by atoms with Crippen molar-refractivity contribution < 1.29 is 5.11 Å². The van der Waals surface area contributed by atoms with Crippen LogP contribution < -0.4 is 5.32 Å². The highest BCUT2D eigenvalue weighted by Crippen LogP contribution is 2.35. The minimum Gasteiger partial charge on any atom is -0.387 e. The second-order valence-corrected chi connectivity index (χ2v) is 6.33. The van der Waals surface area contributed by atoms with Crippen LogP contribution in [0.4, 0.5) is 0 Å². The van der Waals surface area contributed by atoms with E-state index in [0.717, 1.165) is 31.7 Å². The lowest BCUT2D eigenvalue weighted by atomic mass is 9.79. The topological polar surface area (TPSA) is 35.5 Å². The Morgan fingerprint density at radius 2 is 1.90 bits per heavy atom. The van der Waals surface area contributed by atoms with Gasteiger partial charge in [0.15, 0.2) is 0 Å². The Balaban J connectivity index is 1.70. The molecule has 20 heavy (non-hydrogen) atoms. The molecule has 1 saturated heterocycles. The zero-order chi connectivity index (χ0) is 13.8. The van der Waals surface area contributed by atoms with Gasteiger partial charge in [0.1, 0.15) is 0 Å². The molecule has 2 fully saturated rings. The number of benzene rings is 1. The van der Waals surface area contributed by atoms with Crippen LogP contribution in [-0.4, -0.2) is 41.7 Å². The zero-order valence-corrected chi connectivity index (χ0v) is 12.2. The molecule has 1 aromatic carbocycles. The van der Waals surface area contributed by atoms with Crippen molar-refractivity contribution in [1.29, 1.82) is 0 Å². The fraction of sp³-hybridized carbons (Fsp3) is 0.647. The number of aliphatic hydroxyl groups excluding tert-OH is 1. The largest absolute Gasteiger partial charge is 0.387 e. The van der Waals surface area contributed by atoms with Crippen LogP contribution in [-0.2, 0) is 0 Å². The van der Waals surface area contributed by atoms with Gasteiger partial charge in [0, 0.05) is 31.7 Å². The Morgan fingerprint density at radius 3 is 2.65 bits per heavy atom. The van der Waals surface area contributed by atoms with Gasteiger partial charge in [0.2, 0.25) is 0 Å². The molecule has 0 radical (unpaired) electrons. The van der Waals surface area contributed by atoms with Crippen LogP contribution in [0.1, 0.15) is 43.8 Å². The maximum absolute atomic E-state index is 10.5. The molecule has 1 atom stereocenters. The molecule has 110 valence electrons. The summed E-state index contributed by atoms with van der Waals surface area (Å²) in [6.07, 6.45) is 6.23. The van der Waals surface area contributed by atoms with Crippen molar-refractivity contribution in [2.45, 2.75) is 43.7 Å². The minimum atomic E-state index is -0.367. The van der Waals surface area contributed by atoms with Crippen LogP contribution in [0.3, 0.4) is 0 Å². The Morgan fingerprint density at radius 1 is 1.15 bits per heavy atom. The minimum absolute atomic E-state index is 0.298. The van der Waals surface area contributed by atoms with Gasteiger partial charge in [-0.1, -0.05) is 49.6 Å². The molecule has 3 heteroatoms. The standard InChI is InChI=1S/C17H26N2O/c20-16(15-7-3-1-4-8-15)13-19-12-11-18-14-17(19)9-5-2-6-10-17/h1,3-4,7-8,16,18,20H,2,5-6,9-14H2. The molecule has 1 aliphatic heterocycles. The highest BCUT2D eigenvalue weighted by molar-refractivity contribution is 5.18. The van der Waals surface area contributed by atoms with E-state index in [0.29, 0.717) is 5.54 Å². The number of β-amino-alcohol motifs (C(OH)–C–C–N with tert-alkyl or cyclic N) is 1. The van der Waals surface area contributed by atoms with E-state index in [-0.39, 0.29) is 6.10 Å². The number of hydrogen-bond acceptors (Lipinski definition) is 3. The molecule has 1 saturated carbocycles. The van der Waals surface area contributed by atoms with Crippen molar-refractivity contribution >= 4 is 0 Å². The summed E-state index contributed by atoms with van der Waals surface area (Å²) in [7, 11) is 0. The Kier molecular flexibility index (Phi) is 4.39. The van der Waals surface area contributed by atoms with Crippen molar-refractivity contribution in [2.75, 3.05) is 26.2 Å². The van der Waals surface area contributed by atoms with Crippen LogP contribution >= 0.6 is 0 Å². The van der Waals surface area contributed by atoms with E-state index < -0.39 is 0 Å². The molecule has 3 nitrogen and oxygen atoms in total. The van der Waals surface area contributed by atoms with E-state index in [4.69, 9.17) is 0 Å². The Bertz CT molecular complexity index is 406. The molecular formula is C17H26N2O. The maximum Gasteiger partial charge on any atom is 0.0917 e. The van der Waals surface area contributed by atoms with Gasteiger partial charge < -0.3 is 10.4 Å². The second kappa shape index (κ2) is 6.25. The molecule has 0 aromatic heterocycles. The third-order valence-electron chi connectivity index (χ3n) is 5.05. The number of nitrogens with one attached hydrogen (secondary N) is 1. The highest BCUT2D eigenvalue weighted by atomic mass is 16.3. The third-order valence-corrected chi connectivity index (χ3v) is 5.05. The molecular weight excluding hydrogens is 248 g/mol. The average molecular weight is 274 g/mol. The first-order valence-corrected chi connectivity index (χ1v) is 7.99. The first kappa shape index (κ1) is 14.1. The summed E-state index contributed by atoms with van der Waals surface area (Å²) in [6, 6.07) is 10.1. The van der Waals surface area contributed by atoms with Gasteiger partial charge in [-0.2, -0.15) is 0 Å². The first-order valence-electron chi connectivity index (χ1n) is 7.99. The quantitative estimate of drug-likeness (QED) is 0.888. The summed E-state index contributed by atoms with van der Waals surface area (Å²) >= 11 is 0. The van der Waals surface area contributed by atoms with Crippen LogP contribution in [0.25, 0.3) is 0 Å². The predicted molar refractivity (Wildman–Crippen MR) is 81.7 cm³/mol. The van der Waals surface area contributed by atoms with Crippen molar-refractivity contribution in [3.05, 3.63) is 35.9 Å². The van der Waals surface area contributed by atoms with Gasteiger partial charge in [0.25, 0.3) is 0 Å². The third kappa shape index (κ3) is 2.90. The zero-order valence-electron chi connectivity index (χ0n) is 12.2. The Hall–Kier alpha value is -0.900. The molecule has 1 unspecified atom stereocenters. The van der Waals surface area contributed by atoms with Crippen LogP contribution in [0.2, 0.25) is 0 Å². The van der Waals surface area contributed by atoms with Gasteiger partial charge >= 0.3 is 0 Å². The van der Waals surface area contributed by atoms with Crippen LogP contribution in [0.5, 0.6) is 0 Å². The first-order chi connectivity index (χ1) is 9.80. The summed E-state index contributed by atoms with van der Waals surface area (Å²) in [5.41, 5.74) is 1.34. The van der Waals surface area contributed by atoms with Crippen molar-refractivity contribution in [3.63, 3.8) is 0 Å². The summed E-state index contributed by atoms with van der Waals surface area (Å²) in [5, 5.41) is 14.1. The van der Waals surface area contributed by atoms with E-state index in [9.17, 15) is 5.11 Å². The van der Waals surface area contributed by atoms with Gasteiger partial charge in [-0.25, -0.2) is 0 Å². The lowest BCUT2D eigenvalue weighted by molar-refractivity contribution is -0.00719. The molecule has 2 N–H and O–H groups in total. The fourth-order valence-electron chi connectivity index (χ4n) is 3.86. The average Bonchev–Trinajstić information content (AvgIpc) is 2.51. The molecule has 1 spiro atoms. The lowest BCUT2D eigenvalue weighted by Gasteiger charge is -2.50. The summed E-state index contributed by atoms with van der Waals surface area (Å²) in [4.78, 5) is 2.56. The molecule has 1 aliphatic carbocycles. The molecule has 0 amide bonds. The van der Waals surface area contributed by atoms with Crippen molar-refractivity contribution in [3.8, 4) is 0 Å². The molecule has 3 rings (SSSR count). The van der Waals surface area contributed by atoms with E-state index >= 15 is 0 Å². The van der Waals surface area contributed by atoms with E-state index in [2.05, 4.69) is 10.2 Å². The van der Waals surface area contributed by atoms with Gasteiger partial charge in [-0.15, -0.1) is 0 Å². The summed E-state index contributed by atoms with van der Waals surface area (Å²) in [6.45, 7) is 3.97. The SMILES string of the molecule is OC(CN1CCNCC12CCCCC2)c1ccccc1. The number of hydrogen-bond donors (Lipinski definition) is 2. The van der Waals surface area contributed by atoms with Crippen molar-refractivity contribution in [1.82, 2.24) is 10.2 Å². The van der Waals surface area contributed by atoms with Crippen LogP contribution in [0.15, 0.2) is 30.3 Å². The van der Waals surface area contributed by atoms with Gasteiger partial charge in [0.05, 0.1) is 6.10 Å². The van der Waals surface area contributed by atoms with Crippen LogP contribution in [0, 0.1) is 0 Å². The van der Waals surface area contributed by atoms with Gasteiger partial charge in [-0.05, 0) is 18.4 Å². The smallest absolute Gasteiger partial charge is 0.0917 e. The molecule has 0 bridgehead atoms. The van der Waals surface area contributed by atoms with Gasteiger partial charge in [-0.3, -0.25) is 4.90 Å². The van der Waals surface area contributed by atoms with E-state index in [1.165, 1.54) is 32.1 Å². The summed E-state index contributed by atoms with van der Waals surface area (Å²) < 4.78 is 0. The predicted octanol–water partition coefficient (Wildman–Crippen LogP) is 2.33.